The first-order valence-corrected chi connectivity index (χ1v) is 9.81. The van der Waals surface area contributed by atoms with Gasteiger partial charge in [0.1, 0.15) is 15.8 Å². The third kappa shape index (κ3) is 3.87. The molecule has 0 aromatic carbocycles. The molecular formula is C19H20N4O3S2. The molecule has 2 aromatic rings. The Bertz CT molecular complexity index is 1050. The van der Waals surface area contributed by atoms with Gasteiger partial charge in [-0.25, -0.2) is 4.98 Å². The van der Waals surface area contributed by atoms with Crippen molar-refractivity contribution in [3.63, 3.8) is 0 Å². The lowest BCUT2D eigenvalue weighted by atomic mass is 10.2. The molecule has 0 atom stereocenters. The number of pyridine rings is 1. The average molecular weight is 417 g/mol. The van der Waals surface area contributed by atoms with Crippen molar-refractivity contribution in [2.45, 2.75) is 6.92 Å². The van der Waals surface area contributed by atoms with Gasteiger partial charge < -0.3 is 10.1 Å². The number of anilines is 1. The number of thioether (sulfide) groups is 1. The highest BCUT2D eigenvalue weighted by Crippen LogP contribution is 2.32. The quantitative estimate of drug-likeness (QED) is 0.422. The second-order valence-electron chi connectivity index (χ2n) is 6.06. The van der Waals surface area contributed by atoms with Crippen LogP contribution in [0, 0.1) is 6.92 Å². The highest BCUT2D eigenvalue weighted by molar-refractivity contribution is 8.26. The zero-order valence-corrected chi connectivity index (χ0v) is 17.2. The van der Waals surface area contributed by atoms with E-state index in [0.29, 0.717) is 46.0 Å². The average Bonchev–Trinajstić information content (AvgIpc) is 2.94. The van der Waals surface area contributed by atoms with Crippen molar-refractivity contribution in [2.75, 3.05) is 32.1 Å². The summed E-state index contributed by atoms with van der Waals surface area (Å²) in [7, 11) is 1.56. The Labute approximate surface area is 172 Å². The number of nitrogens with zero attached hydrogens (tertiary/aromatic N) is 3. The van der Waals surface area contributed by atoms with E-state index in [1.165, 1.54) is 21.1 Å². The van der Waals surface area contributed by atoms with Gasteiger partial charge in [-0.3, -0.25) is 18.9 Å². The van der Waals surface area contributed by atoms with Gasteiger partial charge in [0, 0.05) is 19.9 Å². The first kappa shape index (κ1) is 20.2. The molecule has 1 aliphatic heterocycles. The smallest absolute Gasteiger partial charge is 0.267 e. The fourth-order valence-corrected chi connectivity index (χ4v) is 4.04. The molecule has 0 unspecified atom stereocenters. The van der Waals surface area contributed by atoms with E-state index in [2.05, 4.69) is 16.9 Å². The topological polar surface area (TPSA) is 75.9 Å². The molecular weight excluding hydrogens is 396 g/mol. The standard InChI is InChI=1S/C19H20N4O3S2/c1-4-7-20-15-13(17(24)22-8-5-6-12(2)16(22)21-15)11-14-18(25)23(9-10-26-3)19(27)28-14/h4-6,8,11,20H,1,7,9-10H2,2-3H3. The number of rotatable bonds is 7. The second kappa shape index (κ2) is 8.68. The van der Waals surface area contributed by atoms with Crippen molar-refractivity contribution in [2.24, 2.45) is 0 Å². The van der Waals surface area contributed by atoms with Gasteiger partial charge in [0.2, 0.25) is 0 Å². The highest BCUT2D eigenvalue weighted by Gasteiger charge is 2.32. The van der Waals surface area contributed by atoms with Crippen LogP contribution in [0.1, 0.15) is 11.1 Å². The van der Waals surface area contributed by atoms with Crippen molar-refractivity contribution < 1.29 is 9.53 Å². The second-order valence-corrected chi connectivity index (χ2v) is 7.74. The van der Waals surface area contributed by atoms with Gasteiger partial charge in [0.15, 0.2) is 0 Å². The maximum absolute atomic E-state index is 13.1. The van der Waals surface area contributed by atoms with Crippen LogP contribution in [-0.2, 0) is 9.53 Å². The number of methoxy groups -OCH3 is 1. The van der Waals surface area contributed by atoms with E-state index >= 15 is 0 Å². The molecule has 3 rings (SSSR count). The summed E-state index contributed by atoms with van der Waals surface area (Å²) in [6, 6.07) is 3.68. The minimum Gasteiger partial charge on any atom is -0.383 e. The van der Waals surface area contributed by atoms with Crippen molar-refractivity contribution in [3.05, 3.63) is 57.4 Å². The molecule has 28 heavy (non-hydrogen) atoms. The molecule has 0 spiro atoms. The summed E-state index contributed by atoms with van der Waals surface area (Å²) in [5.41, 5.74) is 1.47. The lowest BCUT2D eigenvalue weighted by Crippen LogP contribution is -2.31. The number of hydrogen-bond acceptors (Lipinski definition) is 7. The molecule has 3 heterocycles. The molecule has 1 aliphatic rings. The van der Waals surface area contributed by atoms with Crippen LogP contribution in [0.4, 0.5) is 5.82 Å². The molecule has 1 N–H and O–H groups in total. The van der Waals surface area contributed by atoms with Gasteiger partial charge in [-0.1, -0.05) is 36.1 Å². The Morgan fingerprint density at radius 1 is 1.43 bits per heavy atom. The summed E-state index contributed by atoms with van der Waals surface area (Å²) >= 11 is 6.46. The number of ether oxygens (including phenoxy) is 1. The molecule has 146 valence electrons. The lowest BCUT2D eigenvalue weighted by Gasteiger charge is -2.13. The number of amides is 1. The third-order valence-corrected chi connectivity index (χ3v) is 5.54. The fraction of sp³-hybridized carbons (Fsp3) is 0.263. The Hall–Kier alpha value is -2.49. The molecule has 7 nitrogen and oxygen atoms in total. The van der Waals surface area contributed by atoms with Crippen molar-refractivity contribution in [1.82, 2.24) is 14.3 Å². The van der Waals surface area contributed by atoms with Crippen LogP contribution in [0.15, 0.2) is 40.7 Å². The summed E-state index contributed by atoms with van der Waals surface area (Å²) < 4.78 is 6.95. The van der Waals surface area contributed by atoms with E-state index in [-0.39, 0.29) is 11.5 Å². The van der Waals surface area contributed by atoms with Gasteiger partial charge in [-0.05, 0) is 24.6 Å². The Morgan fingerprint density at radius 3 is 2.93 bits per heavy atom. The summed E-state index contributed by atoms with van der Waals surface area (Å²) in [5.74, 6) is 0.164. The van der Waals surface area contributed by atoms with Crippen LogP contribution in [0.25, 0.3) is 11.7 Å². The zero-order chi connectivity index (χ0) is 20.3. The van der Waals surface area contributed by atoms with Crippen LogP contribution in [0.2, 0.25) is 0 Å². The van der Waals surface area contributed by atoms with Crippen LogP contribution in [-0.4, -0.2) is 51.3 Å². The van der Waals surface area contributed by atoms with Crippen LogP contribution in [0.5, 0.6) is 0 Å². The van der Waals surface area contributed by atoms with E-state index in [9.17, 15) is 9.59 Å². The maximum Gasteiger partial charge on any atom is 0.267 e. The zero-order valence-electron chi connectivity index (χ0n) is 15.6. The fourth-order valence-electron chi connectivity index (χ4n) is 2.75. The number of nitrogens with one attached hydrogen (secondary N) is 1. The molecule has 1 fully saturated rings. The first-order chi connectivity index (χ1) is 13.5. The van der Waals surface area contributed by atoms with E-state index in [1.807, 2.05) is 13.0 Å². The minimum atomic E-state index is -0.262. The molecule has 0 saturated carbocycles. The van der Waals surface area contributed by atoms with Crippen molar-refractivity contribution in [3.8, 4) is 0 Å². The molecule has 0 bridgehead atoms. The van der Waals surface area contributed by atoms with Gasteiger partial charge in [0.05, 0.1) is 23.6 Å². The van der Waals surface area contributed by atoms with Crippen LogP contribution >= 0.6 is 24.0 Å². The molecule has 0 radical (unpaired) electrons. The van der Waals surface area contributed by atoms with E-state index in [0.717, 1.165) is 5.56 Å². The number of aryl methyl sites for hydroxylation is 1. The summed E-state index contributed by atoms with van der Waals surface area (Å²) in [4.78, 5) is 32.3. The van der Waals surface area contributed by atoms with Crippen molar-refractivity contribution in [1.29, 1.82) is 0 Å². The summed E-state index contributed by atoms with van der Waals surface area (Å²) in [5, 5.41) is 3.09. The third-order valence-electron chi connectivity index (χ3n) is 4.17. The Kier molecular flexibility index (Phi) is 6.28. The largest absolute Gasteiger partial charge is 0.383 e. The number of fused-ring (bicyclic) bond motifs is 1. The number of thiocarbonyl (C=S) groups is 1. The molecule has 2 aromatic heterocycles. The van der Waals surface area contributed by atoms with Crippen molar-refractivity contribution >= 4 is 51.7 Å². The number of carbonyl (C=O) groups excluding carboxylic acids is 1. The predicted molar refractivity (Wildman–Crippen MR) is 117 cm³/mol. The molecule has 1 amide bonds. The normalized spacial score (nSPS) is 15.6. The van der Waals surface area contributed by atoms with E-state index in [4.69, 9.17) is 17.0 Å². The van der Waals surface area contributed by atoms with Gasteiger partial charge in [0.25, 0.3) is 11.5 Å². The predicted octanol–water partition coefficient (Wildman–Crippen LogP) is 2.45. The molecule has 9 heteroatoms. The first-order valence-electron chi connectivity index (χ1n) is 8.59. The number of carbonyl (C=O) groups is 1. The minimum absolute atomic E-state index is 0.240. The van der Waals surface area contributed by atoms with Gasteiger partial charge in [-0.2, -0.15) is 0 Å². The number of aromatic nitrogens is 2. The Balaban J connectivity index is 2.11. The van der Waals surface area contributed by atoms with Gasteiger partial charge in [-0.15, -0.1) is 6.58 Å². The highest BCUT2D eigenvalue weighted by atomic mass is 32.2. The van der Waals surface area contributed by atoms with Gasteiger partial charge >= 0.3 is 0 Å². The molecule has 1 saturated heterocycles. The van der Waals surface area contributed by atoms with Crippen LogP contribution < -0.4 is 10.9 Å². The SMILES string of the molecule is C=CCNc1nc2c(C)cccn2c(=O)c1C=C1SC(=S)N(CCOC)C1=O. The maximum atomic E-state index is 13.1. The summed E-state index contributed by atoms with van der Waals surface area (Å²) in [6.45, 7) is 6.76. The monoisotopic (exact) mass is 416 g/mol. The molecule has 0 aliphatic carbocycles. The number of hydrogen-bond donors (Lipinski definition) is 1. The van der Waals surface area contributed by atoms with E-state index in [1.54, 1.807) is 31.5 Å². The lowest BCUT2D eigenvalue weighted by molar-refractivity contribution is -0.122. The Morgan fingerprint density at radius 2 is 2.21 bits per heavy atom. The van der Waals surface area contributed by atoms with E-state index < -0.39 is 0 Å². The van der Waals surface area contributed by atoms with Crippen LogP contribution in [0.3, 0.4) is 0 Å². The summed E-state index contributed by atoms with van der Waals surface area (Å²) in [6.07, 6.45) is 4.90.